The Balaban J connectivity index is 2.08. The maximum Gasteiger partial charge on any atom is 0.314 e. The Morgan fingerprint density at radius 3 is 2.63 bits per heavy atom. The number of likely N-dealkylation sites (N-methyl/N-ethyl adjacent to an activating group) is 1. The molecule has 3 amide bonds. The second-order valence-corrected chi connectivity index (χ2v) is 5.19. The second-order valence-electron chi connectivity index (χ2n) is 4.08. The van der Waals surface area contributed by atoms with Gasteiger partial charge in [-0.15, -0.1) is 0 Å². The van der Waals surface area contributed by atoms with E-state index in [-0.39, 0.29) is 12.5 Å². The number of benzene rings is 1. The molecule has 0 spiro atoms. The molecule has 1 aromatic carbocycles. The Morgan fingerprint density at radius 1 is 1.32 bits per heavy atom. The summed E-state index contributed by atoms with van der Waals surface area (Å²) in [5.74, 6) is 1.57. The summed E-state index contributed by atoms with van der Waals surface area (Å²) in [5, 5.41) is 2.75. The van der Waals surface area contributed by atoms with E-state index in [4.69, 9.17) is 5.73 Å². The molecule has 0 aliphatic carbocycles. The lowest BCUT2D eigenvalue weighted by Gasteiger charge is -2.13. The molecule has 0 heterocycles. The van der Waals surface area contributed by atoms with E-state index in [9.17, 15) is 9.59 Å². The van der Waals surface area contributed by atoms with Crippen molar-refractivity contribution in [2.75, 3.05) is 25.9 Å². The van der Waals surface area contributed by atoms with Crippen molar-refractivity contribution in [2.45, 2.75) is 5.75 Å². The first-order valence-corrected chi connectivity index (χ1v) is 7.14. The van der Waals surface area contributed by atoms with E-state index in [1.54, 1.807) is 11.8 Å². The van der Waals surface area contributed by atoms with Crippen molar-refractivity contribution in [3.63, 3.8) is 0 Å². The van der Waals surface area contributed by atoms with Gasteiger partial charge in [-0.1, -0.05) is 30.3 Å². The van der Waals surface area contributed by atoms with Crippen molar-refractivity contribution in [1.29, 1.82) is 0 Å². The van der Waals surface area contributed by atoms with Crippen LogP contribution < -0.4 is 11.1 Å². The summed E-state index contributed by atoms with van der Waals surface area (Å²) in [5.41, 5.74) is 6.30. The molecule has 1 aromatic rings. The lowest BCUT2D eigenvalue weighted by molar-refractivity contribution is -0.121. The molecule has 0 aliphatic heterocycles. The predicted octanol–water partition coefficient (Wildman–Crippen LogP) is 1.05. The van der Waals surface area contributed by atoms with Crippen LogP contribution >= 0.6 is 11.8 Å². The third kappa shape index (κ3) is 6.71. The molecule has 104 valence electrons. The molecule has 0 aromatic heterocycles. The molecule has 0 aliphatic rings. The minimum Gasteiger partial charge on any atom is -0.354 e. The summed E-state index contributed by atoms with van der Waals surface area (Å²) < 4.78 is 0. The molecule has 0 radical (unpaired) electrons. The number of amides is 3. The molecule has 5 nitrogen and oxygen atoms in total. The molecular weight excluding hydrogens is 262 g/mol. The van der Waals surface area contributed by atoms with Crippen LogP contribution in [-0.4, -0.2) is 42.7 Å². The zero-order valence-corrected chi connectivity index (χ0v) is 11.8. The van der Waals surface area contributed by atoms with Gasteiger partial charge in [0.15, 0.2) is 0 Å². The number of carbonyl (C=O) groups is 2. The quantitative estimate of drug-likeness (QED) is 0.733. The van der Waals surface area contributed by atoms with Crippen LogP contribution in [0.4, 0.5) is 4.79 Å². The number of rotatable bonds is 7. The number of hydrogen-bond donors (Lipinski definition) is 2. The summed E-state index contributed by atoms with van der Waals surface area (Å²) in [4.78, 5) is 23.3. The highest BCUT2D eigenvalue weighted by Gasteiger charge is 2.08. The highest BCUT2D eigenvalue weighted by molar-refractivity contribution is 7.98. The number of hydrogen-bond acceptors (Lipinski definition) is 3. The molecule has 0 saturated carbocycles. The highest BCUT2D eigenvalue weighted by atomic mass is 32.2. The van der Waals surface area contributed by atoms with E-state index in [0.29, 0.717) is 6.54 Å². The second kappa shape index (κ2) is 8.42. The fourth-order valence-corrected chi connectivity index (χ4v) is 2.19. The summed E-state index contributed by atoms with van der Waals surface area (Å²) in [6.07, 6.45) is 0. The van der Waals surface area contributed by atoms with Crippen molar-refractivity contribution < 1.29 is 9.59 Å². The topological polar surface area (TPSA) is 75.4 Å². The number of thioether (sulfide) groups is 1. The fourth-order valence-electron chi connectivity index (χ4n) is 1.38. The number of nitrogens with two attached hydrogens (primary N) is 1. The highest BCUT2D eigenvalue weighted by Crippen LogP contribution is 2.10. The van der Waals surface area contributed by atoms with Gasteiger partial charge < -0.3 is 16.0 Å². The van der Waals surface area contributed by atoms with Crippen molar-refractivity contribution in [3.8, 4) is 0 Å². The van der Waals surface area contributed by atoms with Crippen molar-refractivity contribution in [1.82, 2.24) is 10.2 Å². The van der Waals surface area contributed by atoms with E-state index >= 15 is 0 Å². The van der Waals surface area contributed by atoms with Gasteiger partial charge in [-0.3, -0.25) is 4.79 Å². The van der Waals surface area contributed by atoms with E-state index in [0.717, 1.165) is 11.5 Å². The maximum absolute atomic E-state index is 11.4. The molecule has 0 bridgehead atoms. The maximum atomic E-state index is 11.4. The Kier molecular flexibility index (Phi) is 6.81. The predicted molar refractivity (Wildman–Crippen MR) is 77.8 cm³/mol. The van der Waals surface area contributed by atoms with Gasteiger partial charge in [0.05, 0.1) is 0 Å². The zero-order valence-electron chi connectivity index (χ0n) is 11.0. The van der Waals surface area contributed by atoms with Gasteiger partial charge >= 0.3 is 6.03 Å². The molecule has 0 atom stereocenters. The molecule has 0 unspecified atom stereocenters. The first-order valence-electron chi connectivity index (χ1n) is 5.98. The number of nitrogens with zero attached hydrogens (tertiary/aromatic N) is 1. The number of nitrogens with one attached hydrogen (secondary N) is 1. The minimum atomic E-state index is -0.603. The van der Waals surface area contributed by atoms with E-state index in [1.807, 2.05) is 18.2 Å². The van der Waals surface area contributed by atoms with Crippen molar-refractivity contribution in [2.24, 2.45) is 5.73 Å². The van der Waals surface area contributed by atoms with E-state index in [1.165, 1.54) is 17.5 Å². The van der Waals surface area contributed by atoms with Crippen LogP contribution in [0.15, 0.2) is 30.3 Å². The van der Waals surface area contributed by atoms with Crippen molar-refractivity contribution >= 4 is 23.7 Å². The van der Waals surface area contributed by atoms with Crippen LogP contribution in [0.3, 0.4) is 0 Å². The monoisotopic (exact) mass is 281 g/mol. The lowest BCUT2D eigenvalue weighted by Crippen LogP contribution is -2.41. The normalized spacial score (nSPS) is 9.95. The van der Waals surface area contributed by atoms with Gasteiger partial charge in [0.1, 0.15) is 6.54 Å². The summed E-state index contributed by atoms with van der Waals surface area (Å²) in [7, 11) is 1.49. The fraction of sp³-hybridized carbons (Fsp3) is 0.385. The zero-order chi connectivity index (χ0) is 14.1. The summed E-state index contributed by atoms with van der Waals surface area (Å²) in [6, 6.07) is 9.56. The molecule has 6 heteroatoms. The van der Waals surface area contributed by atoms with E-state index < -0.39 is 6.03 Å². The number of carbonyl (C=O) groups excluding carboxylic acids is 2. The SMILES string of the molecule is CN(CC(=O)NCCSCc1ccccc1)C(N)=O. The van der Waals surface area contributed by atoms with Crippen LogP contribution in [-0.2, 0) is 10.5 Å². The average Bonchev–Trinajstić information content (AvgIpc) is 2.39. The van der Waals surface area contributed by atoms with Gasteiger partial charge in [0.2, 0.25) is 5.91 Å². The van der Waals surface area contributed by atoms with Crippen LogP contribution in [0.5, 0.6) is 0 Å². The molecule has 19 heavy (non-hydrogen) atoms. The molecule has 0 saturated heterocycles. The molecule has 0 fully saturated rings. The van der Waals surface area contributed by atoms with Gasteiger partial charge in [-0.25, -0.2) is 4.79 Å². The van der Waals surface area contributed by atoms with Gasteiger partial charge in [0.25, 0.3) is 0 Å². The van der Waals surface area contributed by atoms with Crippen LogP contribution in [0.2, 0.25) is 0 Å². The molecule has 1 rings (SSSR count). The standard InChI is InChI=1S/C13H19N3O2S/c1-16(13(14)18)9-12(17)15-7-8-19-10-11-5-3-2-4-6-11/h2-6H,7-10H2,1H3,(H2,14,18)(H,15,17). The largest absolute Gasteiger partial charge is 0.354 e. The van der Waals surface area contributed by atoms with Crippen LogP contribution in [0.1, 0.15) is 5.56 Å². The minimum absolute atomic E-state index is 0.00130. The van der Waals surface area contributed by atoms with Gasteiger partial charge in [-0.2, -0.15) is 11.8 Å². The third-order valence-corrected chi connectivity index (χ3v) is 3.47. The van der Waals surface area contributed by atoms with Crippen LogP contribution in [0, 0.1) is 0 Å². The first-order chi connectivity index (χ1) is 9.09. The Labute approximate surface area is 117 Å². The number of urea groups is 1. The van der Waals surface area contributed by atoms with Crippen molar-refractivity contribution in [3.05, 3.63) is 35.9 Å². The van der Waals surface area contributed by atoms with Gasteiger partial charge in [0, 0.05) is 25.1 Å². The smallest absolute Gasteiger partial charge is 0.314 e. The Hall–Kier alpha value is -1.69. The average molecular weight is 281 g/mol. The Bertz CT molecular complexity index is 412. The van der Waals surface area contributed by atoms with E-state index in [2.05, 4.69) is 17.4 Å². The van der Waals surface area contributed by atoms with Crippen LogP contribution in [0.25, 0.3) is 0 Å². The molecular formula is C13H19N3O2S. The lowest BCUT2D eigenvalue weighted by atomic mass is 10.2. The third-order valence-electron chi connectivity index (χ3n) is 2.44. The number of primary amides is 1. The summed E-state index contributed by atoms with van der Waals surface area (Å²) >= 11 is 1.75. The summed E-state index contributed by atoms with van der Waals surface area (Å²) in [6.45, 7) is 0.585. The molecule has 3 N–H and O–H groups in total. The first kappa shape index (κ1) is 15.4. The van der Waals surface area contributed by atoms with Gasteiger partial charge in [-0.05, 0) is 5.56 Å². The Morgan fingerprint density at radius 2 is 2.00 bits per heavy atom.